The quantitative estimate of drug-likeness (QED) is 0.350. The first kappa shape index (κ1) is 32.1. The molecule has 0 spiro atoms. The first-order valence-corrected chi connectivity index (χ1v) is 14.9. The van der Waals surface area contributed by atoms with E-state index < -0.39 is 51.6 Å². The lowest BCUT2D eigenvalue weighted by Crippen LogP contribution is -2.34. The van der Waals surface area contributed by atoms with Crippen LogP contribution in [0.4, 0.5) is 22.0 Å². The van der Waals surface area contributed by atoms with E-state index in [4.69, 9.17) is 11.6 Å². The molecule has 0 aliphatic heterocycles. The van der Waals surface area contributed by atoms with Crippen molar-refractivity contribution in [3.05, 3.63) is 34.5 Å². The maximum absolute atomic E-state index is 13.3. The van der Waals surface area contributed by atoms with Crippen molar-refractivity contribution in [2.45, 2.75) is 76.1 Å². The largest absolute Gasteiger partial charge is 0.434 e. The molecule has 1 aliphatic carbocycles. The molecule has 40 heavy (non-hydrogen) atoms. The molecule has 2 aromatic rings. The topological polar surface area (TPSA) is 111 Å². The summed E-state index contributed by atoms with van der Waals surface area (Å²) in [5.41, 5.74) is -2.98. The van der Waals surface area contributed by atoms with E-state index in [1.807, 2.05) is 0 Å². The van der Waals surface area contributed by atoms with Crippen LogP contribution in [0, 0.1) is 5.92 Å². The molecule has 1 saturated carbocycles. The van der Waals surface area contributed by atoms with Crippen molar-refractivity contribution in [3.8, 4) is 17.0 Å². The van der Waals surface area contributed by atoms with Crippen LogP contribution in [0.3, 0.4) is 0 Å². The Hall–Kier alpha value is -2.45. The Bertz CT molecular complexity index is 1320. The molecule has 1 fully saturated rings. The molecule has 2 N–H and O–H groups in total. The van der Waals surface area contributed by atoms with Crippen LogP contribution < -0.4 is 10.1 Å². The summed E-state index contributed by atoms with van der Waals surface area (Å²) in [5.74, 6) is -1.14. The zero-order valence-electron chi connectivity index (χ0n) is 22.1. The summed E-state index contributed by atoms with van der Waals surface area (Å²) in [5, 5.41) is 16.8. The Morgan fingerprint density at radius 3 is 2.40 bits per heavy atom. The number of nitrogens with one attached hydrogen (secondary N) is 1. The molecule has 0 bridgehead atoms. The fourth-order valence-electron chi connectivity index (χ4n) is 4.89. The SMILES string of the molecule is CCn1nc(C(=O)NCC2CCC(S(C)(=O)=O)CC2)c(Cl)c1-c1ccc(C(C)(O)CC(F)(F)F)cc1OC(F)F. The van der Waals surface area contributed by atoms with Crippen LogP contribution in [0.1, 0.15) is 62.0 Å². The van der Waals surface area contributed by atoms with Gasteiger partial charge in [-0.05, 0) is 63.1 Å². The second kappa shape index (κ2) is 12.2. The maximum Gasteiger partial charge on any atom is 0.392 e. The fourth-order valence-corrected chi connectivity index (χ4v) is 6.35. The van der Waals surface area contributed by atoms with Crippen molar-refractivity contribution in [1.82, 2.24) is 15.1 Å². The molecule has 1 atom stereocenters. The zero-order chi connectivity index (χ0) is 30.0. The van der Waals surface area contributed by atoms with E-state index in [2.05, 4.69) is 15.2 Å². The molecule has 1 amide bonds. The number of sulfone groups is 1. The molecule has 224 valence electrons. The van der Waals surface area contributed by atoms with Crippen molar-refractivity contribution in [1.29, 1.82) is 0 Å². The monoisotopic (exact) mass is 615 g/mol. The van der Waals surface area contributed by atoms with E-state index in [-0.39, 0.29) is 46.5 Å². The minimum Gasteiger partial charge on any atom is -0.434 e. The van der Waals surface area contributed by atoms with Gasteiger partial charge >= 0.3 is 12.8 Å². The van der Waals surface area contributed by atoms with Crippen molar-refractivity contribution >= 4 is 27.3 Å². The van der Waals surface area contributed by atoms with E-state index >= 15 is 0 Å². The Morgan fingerprint density at radius 1 is 1.25 bits per heavy atom. The molecule has 1 unspecified atom stereocenters. The van der Waals surface area contributed by atoms with E-state index in [0.29, 0.717) is 25.7 Å². The minimum atomic E-state index is -4.73. The number of aryl methyl sites for hydroxylation is 1. The Kier molecular flexibility index (Phi) is 9.78. The first-order chi connectivity index (χ1) is 18.4. The third kappa shape index (κ3) is 7.84. The molecule has 8 nitrogen and oxygen atoms in total. The van der Waals surface area contributed by atoms with Gasteiger partial charge in [0.05, 0.1) is 28.0 Å². The lowest BCUT2D eigenvalue weighted by molar-refractivity contribution is -0.174. The molecular formula is C25H31ClF5N3O5S. The van der Waals surface area contributed by atoms with Crippen LogP contribution in [0.5, 0.6) is 5.75 Å². The van der Waals surface area contributed by atoms with Gasteiger partial charge in [0.15, 0.2) is 5.69 Å². The zero-order valence-corrected chi connectivity index (χ0v) is 23.6. The predicted octanol–water partition coefficient (Wildman–Crippen LogP) is 5.32. The van der Waals surface area contributed by atoms with Crippen LogP contribution >= 0.6 is 11.6 Å². The Labute approximate surface area is 233 Å². The average Bonchev–Trinajstić information content (AvgIpc) is 3.16. The number of rotatable bonds is 10. The summed E-state index contributed by atoms with van der Waals surface area (Å²) in [4.78, 5) is 13.0. The smallest absolute Gasteiger partial charge is 0.392 e. The van der Waals surface area contributed by atoms with Gasteiger partial charge in [-0.15, -0.1) is 0 Å². The fraction of sp³-hybridized carbons (Fsp3) is 0.600. The summed E-state index contributed by atoms with van der Waals surface area (Å²) in [6, 6.07) is 3.19. The van der Waals surface area contributed by atoms with Gasteiger partial charge in [0.2, 0.25) is 0 Å². The number of carbonyl (C=O) groups is 1. The van der Waals surface area contributed by atoms with E-state index in [1.54, 1.807) is 6.92 Å². The van der Waals surface area contributed by atoms with Crippen LogP contribution in [0.15, 0.2) is 18.2 Å². The van der Waals surface area contributed by atoms with Crippen molar-refractivity contribution in [3.63, 3.8) is 0 Å². The molecule has 0 radical (unpaired) electrons. The van der Waals surface area contributed by atoms with Crippen molar-refractivity contribution in [2.24, 2.45) is 5.92 Å². The third-order valence-corrected chi connectivity index (χ3v) is 9.02. The van der Waals surface area contributed by atoms with Crippen LogP contribution in [-0.2, 0) is 22.0 Å². The number of carbonyl (C=O) groups excluding carboxylic acids is 1. The molecule has 3 rings (SSSR count). The molecular weight excluding hydrogens is 585 g/mol. The maximum atomic E-state index is 13.3. The number of halogens is 6. The van der Waals surface area contributed by atoms with Gasteiger partial charge in [-0.3, -0.25) is 9.48 Å². The summed E-state index contributed by atoms with van der Waals surface area (Å²) in [6.45, 7) is -0.382. The highest BCUT2D eigenvalue weighted by molar-refractivity contribution is 7.91. The van der Waals surface area contributed by atoms with Gasteiger partial charge in [0, 0.05) is 24.9 Å². The number of aliphatic hydroxyl groups is 1. The van der Waals surface area contributed by atoms with Crippen LogP contribution in [0.25, 0.3) is 11.3 Å². The van der Waals surface area contributed by atoms with Gasteiger partial charge in [-0.1, -0.05) is 17.7 Å². The van der Waals surface area contributed by atoms with Gasteiger partial charge in [-0.2, -0.15) is 27.1 Å². The van der Waals surface area contributed by atoms with Gasteiger partial charge in [-0.25, -0.2) is 8.42 Å². The third-order valence-electron chi connectivity index (χ3n) is 6.98. The first-order valence-electron chi connectivity index (χ1n) is 12.5. The number of benzene rings is 1. The number of amides is 1. The molecule has 1 aliphatic rings. The van der Waals surface area contributed by atoms with Gasteiger partial charge in [0.1, 0.15) is 15.6 Å². The lowest BCUT2D eigenvalue weighted by atomic mass is 9.89. The number of hydrogen-bond donors (Lipinski definition) is 2. The van der Waals surface area contributed by atoms with E-state index in [1.165, 1.54) is 17.0 Å². The Morgan fingerprint density at radius 2 is 1.88 bits per heavy atom. The molecule has 1 aromatic carbocycles. The Balaban J connectivity index is 1.88. The van der Waals surface area contributed by atoms with Crippen molar-refractivity contribution < 1.29 is 45.0 Å². The van der Waals surface area contributed by atoms with Gasteiger partial charge in [0.25, 0.3) is 5.91 Å². The molecule has 15 heteroatoms. The predicted molar refractivity (Wildman–Crippen MR) is 138 cm³/mol. The molecule has 0 saturated heterocycles. The normalized spacial score (nSPS) is 19.9. The highest BCUT2D eigenvalue weighted by Crippen LogP contribution is 2.42. The number of ether oxygens (including phenoxy) is 1. The number of aromatic nitrogens is 2. The summed E-state index contributed by atoms with van der Waals surface area (Å²) < 4.78 is 94.8. The summed E-state index contributed by atoms with van der Waals surface area (Å²) in [7, 11) is -3.13. The van der Waals surface area contributed by atoms with Crippen LogP contribution in [-0.4, -0.2) is 60.1 Å². The lowest BCUT2D eigenvalue weighted by Gasteiger charge is -2.27. The molecule has 1 aromatic heterocycles. The second-order valence-corrected chi connectivity index (χ2v) is 12.9. The second-order valence-electron chi connectivity index (χ2n) is 10.2. The number of alkyl halides is 5. The number of hydrogen-bond acceptors (Lipinski definition) is 6. The minimum absolute atomic E-state index is 0.0284. The highest BCUT2D eigenvalue weighted by Gasteiger charge is 2.40. The average molecular weight is 616 g/mol. The van der Waals surface area contributed by atoms with E-state index in [9.17, 15) is 40.3 Å². The van der Waals surface area contributed by atoms with E-state index in [0.717, 1.165) is 19.1 Å². The van der Waals surface area contributed by atoms with Crippen LogP contribution in [0.2, 0.25) is 5.02 Å². The molecule has 1 heterocycles. The highest BCUT2D eigenvalue weighted by atomic mass is 35.5. The summed E-state index contributed by atoms with van der Waals surface area (Å²) >= 11 is 6.50. The number of nitrogens with zero attached hydrogens (tertiary/aromatic N) is 2. The van der Waals surface area contributed by atoms with Gasteiger partial charge < -0.3 is 15.2 Å². The van der Waals surface area contributed by atoms with Crippen molar-refractivity contribution in [2.75, 3.05) is 12.8 Å². The summed E-state index contributed by atoms with van der Waals surface area (Å²) in [6.07, 6.45) is -2.94. The standard InChI is InChI=1S/C25H31ClF5N3O5S/c1-4-34-21(17-10-7-15(11-18(17)39-23(27)28)24(2,36)13-25(29,30)31)19(26)20(33-34)22(35)32-12-14-5-8-16(9-6-14)40(3,37)38/h7,10-11,14,16,23,36H,4-6,8-9,12-13H2,1-3H3,(H,32,35).